The Hall–Kier alpha value is -3.54. The van der Waals surface area contributed by atoms with Crippen LogP contribution in [0.2, 0.25) is 0 Å². The third-order valence-corrected chi connectivity index (χ3v) is 5.67. The van der Waals surface area contributed by atoms with Gasteiger partial charge in [0.25, 0.3) is 5.91 Å². The zero-order chi connectivity index (χ0) is 23.0. The molecule has 1 unspecified atom stereocenters. The number of hydrogen-bond acceptors (Lipinski definition) is 3. The van der Waals surface area contributed by atoms with Crippen LogP contribution in [-0.2, 0) is 16.1 Å². The van der Waals surface area contributed by atoms with Gasteiger partial charge in [-0.05, 0) is 57.0 Å². The Balaban J connectivity index is 1.89. The van der Waals surface area contributed by atoms with Crippen LogP contribution in [0.3, 0.4) is 0 Å². The van der Waals surface area contributed by atoms with Crippen molar-refractivity contribution in [1.82, 2.24) is 15.2 Å². The zero-order valence-corrected chi connectivity index (χ0v) is 19.2. The molecule has 2 heterocycles. The highest BCUT2D eigenvalue weighted by Gasteiger charge is 2.39. The number of aromatic nitrogens is 1. The van der Waals surface area contributed by atoms with Gasteiger partial charge in [-0.1, -0.05) is 30.3 Å². The van der Waals surface area contributed by atoms with E-state index in [-0.39, 0.29) is 11.8 Å². The van der Waals surface area contributed by atoms with Crippen molar-refractivity contribution >= 4 is 28.3 Å². The molecule has 0 bridgehead atoms. The standard InChI is InChI=1S/C26H29N3O3/c1-6-18-20-14-27-21-9-7-8-19(22(20)21)23(24(30)28-26(2,3)4)29(25(18)31)15-16-10-12-17(32-5)13-11-16/h6-14,23,27H,15H2,1-5H3,(H,28,30)/b18-6-. The van der Waals surface area contributed by atoms with E-state index in [4.69, 9.17) is 4.74 Å². The lowest BCUT2D eigenvalue weighted by Gasteiger charge is -2.33. The molecule has 3 aromatic rings. The second-order valence-corrected chi connectivity index (χ2v) is 9.10. The number of allylic oxidation sites excluding steroid dienone is 1. The second kappa shape index (κ2) is 8.19. The van der Waals surface area contributed by atoms with Gasteiger partial charge in [0.1, 0.15) is 11.8 Å². The highest BCUT2D eigenvalue weighted by atomic mass is 16.5. The van der Waals surface area contributed by atoms with E-state index in [0.717, 1.165) is 33.3 Å². The number of methoxy groups -OCH3 is 1. The van der Waals surface area contributed by atoms with Crippen LogP contribution in [0.15, 0.2) is 54.7 Å². The van der Waals surface area contributed by atoms with Crippen LogP contribution in [0.25, 0.3) is 16.5 Å². The maximum Gasteiger partial charge on any atom is 0.255 e. The van der Waals surface area contributed by atoms with Crippen LogP contribution in [0.5, 0.6) is 5.75 Å². The topological polar surface area (TPSA) is 74.4 Å². The smallest absolute Gasteiger partial charge is 0.255 e. The number of rotatable bonds is 4. The van der Waals surface area contributed by atoms with Crippen LogP contribution < -0.4 is 10.1 Å². The quantitative estimate of drug-likeness (QED) is 0.594. The molecule has 1 aromatic heterocycles. The van der Waals surface area contributed by atoms with E-state index in [1.807, 2.05) is 82.4 Å². The lowest BCUT2D eigenvalue weighted by atomic mass is 9.97. The van der Waals surface area contributed by atoms with E-state index in [2.05, 4.69) is 10.3 Å². The Morgan fingerprint density at radius 1 is 1.19 bits per heavy atom. The number of aromatic amines is 1. The van der Waals surface area contributed by atoms with Crippen LogP contribution in [-0.4, -0.2) is 34.3 Å². The SMILES string of the molecule is C/C=C1\C(=O)N(Cc2ccc(OC)cc2)C(C(=O)NC(C)(C)C)c2cccc3[nH]cc1c23. The fraction of sp³-hybridized carbons (Fsp3) is 0.308. The maximum atomic E-state index is 13.8. The highest BCUT2D eigenvalue weighted by molar-refractivity contribution is 6.25. The van der Waals surface area contributed by atoms with E-state index < -0.39 is 11.6 Å². The minimum Gasteiger partial charge on any atom is -0.497 e. The molecule has 0 aliphatic carbocycles. The number of nitrogens with zero attached hydrogens (tertiary/aromatic N) is 1. The Bertz CT molecular complexity index is 1200. The molecule has 0 fully saturated rings. The summed E-state index contributed by atoms with van der Waals surface area (Å²) in [6.07, 6.45) is 3.68. The van der Waals surface area contributed by atoms with Crippen molar-refractivity contribution in [3.63, 3.8) is 0 Å². The van der Waals surface area contributed by atoms with Gasteiger partial charge in [-0.3, -0.25) is 9.59 Å². The average Bonchev–Trinajstić information content (AvgIpc) is 3.13. The van der Waals surface area contributed by atoms with Crippen molar-refractivity contribution in [1.29, 1.82) is 0 Å². The molecular formula is C26H29N3O3. The number of amides is 2. The number of nitrogens with one attached hydrogen (secondary N) is 2. The first kappa shape index (κ1) is 21.7. The Morgan fingerprint density at radius 2 is 1.91 bits per heavy atom. The first-order valence-electron chi connectivity index (χ1n) is 10.8. The number of benzene rings is 2. The molecule has 4 rings (SSSR count). The molecule has 0 saturated carbocycles. The van der Waals surface area contributed by atoms with Gasteiger partial charge in [0, 0.05) is 40.3 Å². The summed E-state index contributed by atoms with van der Waals surface area (Å²) in [5.74, 6) is 0.374. The van der Waals surface area contributed by atoms with E-state index in [1.54, 1.807) is 12.0 Å². The zero-order valence-electron chi connectivity index (χ0n) is 19.2. The minimum absolute atomic E-state index is 0.172. The molecule has 32 heavy (non-hydrogen) atoms. The Kier molecular flexibility index (Phi) is 5.55. The molecule has 1 aliphatic rings. The normalized spacial score (nSPS) is 17.5. The van der Waals surface area contributed by atoms with Gasteiger partial charge < -0.3 is 19.9 Å². The second-order valence-electron chi connectivity index (χ2n) is 9.10. The van der Waals surface area contributed by atoms with E-state index in [1.165, 1.54) is 0 Å². The Morgan fingerprint density at radius 3 is 2.53 bits per heavy atom. The van der Waals surface area contributed by atoms with Crippen molar-refractivity contribution in [2.75, 3.05) is 7.11 Å². The van der Waals surface area contributed by atoms with E-state index >= 15 is 0 Å². The summed E-state index contributed by atoms with van der Waals surface area (Å²) in [7, 11) is 1.62. The molecule has 2 amide bonds. The molecular weight excluding hydrogens is 402 g/mol. The number of carbonyl (C=O) groups excluding carboxylic acids is 2. The molecule has 2 N–H and O–H groups in total. The van der Waals surface area contributed by atoms with Gasteiger partial charge in [0.15, 0.2) is 0 Å². The molecule has 0 spiro atoms. The molecule has 6 heteroatoms. The van der Waals surface area contributed by atoms with Gasteiger partial charge >= 0.3 is 0 Å². The molecule has 1 atom stereocenters. The predicted octanol–water partition coefficient (Wildman–Crippen LogP) is 4.58. The number of H-pyrrole nitrogens is 1. The van der Waals surface area contributed by atoms with Gasteiger partial charge in [0.2, 0.25) is 5.91 Å². The monoisotopic (exact) mass is 431 g/mol. The van der Waals surface area contributed by atoms with Crippen molar-refractivity contribution in [2.45, 2.75) is 45.8 Å². The minimum atomic E-state index is -0.764. The fourth-order valence-corrected chi connectivity index (χ4v) is 4.30. The summed E-state index contributed by atoms with van der Waals surface area (Å²) in [6.45, 7) is 7.98. The maximum absolute atomic E-state index is 13.8. The van der Waals surface area contributed by atoms with Crippen LogP contribution in [0.4, 0.5) is 0 Å². The van der Waals surface area contributed by atoms with E-state index in [0.29, 0.717) is 12.1 Å². The van der Waals surface area contributed by atoms with Gasteiger partial charge in [-0.15, -0.1) is 0 Å². The van der Waals surface area contributed by atoms with Crippen LogP contribution in [0.1, 0.15) is 50.4 Å². The third kappa shape index (κ3) is 3.88. The predicted molar refractivity (Wildman–Crippen MR) is 126 cm³/mol. The Labute approximate surface area is 188 Å². The van der Waals surface area contributed by atoms with Crippen molar-refractivity contribution in [3.8, 4) is 5.75 Å². The molecule has 1 aliphatic heterocycles. The van der Waals surface area contributed by atoms with Crippen molar-refractivity contribution in [3.05, 3.63) is 71.4 Å². The van der Waals surface area contributed by atoms with Crippen molar-refractivity contribution in [2.24, 2.45) is 0 Å². The summed E-state index contributed by atoms with van der Waals surface area (Å²) in [5.41, 5.74) is 3.63. The summed E-state index contributed by atoms with van der Waals surface area (Å²) in [5, 5.41) is 4.00. The molecule has 0 saturated heterocycles. The average molecular weight is 432 g/mol. The number of hydrogen-bond donors (Lipinski definition) is 2. The van der Waals surface area contributed by atoms with Crippen LogP contribution >= 0.6 is 0 Å². The lowest BCUT2D eigenvalue weighted by molar-refractivity contribution is -0.138. The number of ether oxygens (including phenoxy) is 1. The van der Waals surface area contributed by atoms with Gasteiger partial charge in [0.05, 0.1) is 7.11 Å². The molecule has 0 radical (unpaired) electrons. The van der Waals surface area contributed by atoms with E-state index in [9.17, 15) is 9.59 Å². The molecule has 166 valence electrons. The number of carbonyl (C=O) groups is 2. The summed E-state index contributed by atoms with van der Waals surface area (Å²) < 4.78 is 5.26. The molecule has 2 aromatic carbocycles. The van der Waals surface area contributed by atoms with Gasteiger partial charge in [-0.25, -0.2) is 0 Å². The fourth-order valence-electron chi connectivity index (χ4n) is 4.30. The van der Waals surface area contributed by atoms with Crippen LogP contribution in [0, 0.1) is 0 Å². The molecule has 6 nitrogen and oxygen atoms in total. The summed E-state index contributed by atoms with van der Waals surface area (Å²) in [4.78, 5) is 32.4. The lowest BCUT2D eigenvalue weighted by Crippen LogP contribution is -2.48. The highest BCUT2D eigenvalue weighted by Crippen LogP contribution is 2.40. The third-order valence-electron chi connectivity index (χ3n) is 5.67. The largest absolute Gasteiger partial charge is 0.497 e. The van der Waals surface area contributed by atoms with Gasteiger partial charge in [-0.2, -0.15) is 0 Å². The first-order chi connectivity index (χ1) is 15.2. The first-order valence-corrected chi connectivity index (χ1v) is 10.8. The van der Waals surface area contributed by atoms with Crippen molar-refractivity contribution < 1.29 is 14.3 Å². The summed E-state index contributed by atoms with van der Waals surface area (Å²) >= 11 is 0. The summed E-state index contributed by atoms with van der Waals surface area (Å²) in [6, 6.07) is 12.6.